The minimum absolute atomic E-state index is 0.0554. The molecule has 0 spiro atoms. The van der Waals surface area contributed by atoms with Crippen LogP contribution in [-0.2, 0) is 0 Å². The van der Waals surface area contributed by atoms with Gasteiger partial charge in [0.15, 0.2) is 4.96 Å². The topological polar surface area (TPSA) is 52.2 Å². The SMILES string of the molecule is O=c1c(=Cc2cn(-c3ccccc3)nc2-c2ccccc2)sc2nc3ccccc3n12. The van der Waals surface area contributed by atoms with E-state index in [0.29, 0.717) is 9.49 Å². The smallest absolute Gasteiger partial charge is 0.267 e. The Labute approximate surface area is 181 Å². The molecule has 6 heteroatoms. The fourth-order valence-electron chi connectivity index (χ4n) is 3.78. The van der Waals surface area contributed by atoms with Gasteiger partial charge in [-0.15, -0.1) is 0 Å². The molecule has 3 aromatic carbocycles. The van der Waals surface area contributed by atoms with E-state index in [0.717, 1.165) is 33.5 Å². The van der Waals surface area contributed by atoms with Crippen LogP contribution >= 0.6 is 11.3 Å². The highest BCUT2D eigenvalue weighted by atomic mass is 32.1. The molecule has 0 N–H and O–H groups in total. The molecule has 0 radical (unpaired) electrons. The zero-order valence-corrected chi connectivity index (χ0v) is 17.2. The van der Waals surface area contributed by atoms with Gasteiger partial charge in [0.25, 0.3) is 5.56 Å². The molecule has 0 fully saturated rings. The molecular formula is C25H16N4OS. The number of imidazole rings is 1. The van der Waals surface area contributed by atoms with Crippen LogP contribution in [0.15, 0.2) is 95.9 Å². The van der Waals surface area contributed by atoms with Crippen LogP contribution in [0.5, 0.6) is 0 Å². The highest BCUT2D eigenvalue weighted by Gasteiger charge is 2.14. The molecule has 31 heavy (non-hydrogen) atoms. The van der Waals surface area contributed by atoms with Crippen LogP contribution in [0.2, 0.25) is 0 Å². The molecule has 6 aromatic rings. The lowest BCUT2D eigenvalue weighted by molar-refractivity contribution is 0.884. The summed E-state index contributed by atoms with van der Waals surface area (Å²) in [6.45, 7) is 0. The van der Waals surface area contributed by atoms with Gasteiger partial charge < -0.3 is 0 Å². The van der Waals surface area contributed by atoms with Crippen molar-refractivity contribution in [3.8, 4) is 16.9 Å². The minimum atomic E-state index is -0.0554. The first-order chi connectivity index (χ1) is 15.3. The Hall–Kier alpha value is -4.03. The van der Waals surface area contributed by atoms with Crippen LogP contribution in [0.4, 0.5) is 0 Å². The molecule has 148 valence electrons. The average Bonchev–Trinajstić information content (AvgIpc) is 3.48. The van der Waals surface area contributed by atoms with Crippen molar-refractivity contribution in [1.82, 2.24) is 19.2 Å². The maximum atomic E-state index is 13.2. The summed E-state index contributed by atoms with van der Waals surface area (Å²) in [5.74, 6) is 0. The summed E-state index contributed by atoms with van der Waals surface area (Å²) in [6, 6.07) is 27.7. The van der Waals surface area contributed by atoms with Crippen molar-refractivity contribution in [3.05, 3.63) is 112 Å². The Kier molecular flexibility index (Phi) is 4.04. The van der Waals surface area contributed by atoms with Crippen molar-refractivity contribution in [3.63, 3.8) is 0 Å². The monoisotopic (exact) mass is 420 g/mol. The molecule has 0 unspecified atom stereocenters. The normalized spacial score (nSPS) is 12.2. The predicted octanol–water partition coefficient (Wildman–Crippen LogP) is 4.31. The maximum Gasteiger partial charge on any atom is 0.274 e. The zero-order chi connectivity index (χ0) is 20.8. The first-order valence-electron chi connectivity index (χ1n) is 9.90. The minimum Gasteiger partial charge on any atom is -0.267 e. The summed E-state index contributed by atoms with van der Waals surface area (Å²) < 4.78 is 4.18. The molecule has 0 bridgehead atoms. The number of hydrogen-bond donors (Lipinski definition) is 0. The van der Waals surface area contributed by atoms with Crippen molar-refractivity contribution in [1.29, 1.82) is 0 Å². The fraction of sp³-hybridized carbons (Fsp3) is 0. The average molecular weight is 420 g/mol. The fourth-order valence-corrected chi connectivity index (χ4v) is 4.76. The highest BCUT2D eigenvalue weighted by Crippen LogP contribution is 2.24. The Morgan fingerprint density at radius 1 is 0.839 bits per heavy atom. The van der Waals surface area contributed by atoms with Gasteiger partial charge in [0.2, 0.25) is 0 Å². The third-order valence-corrected chi connectivity index (χ3v) is 6.21. The van der Waals surface area contributed by atoms with Gasteiger partial charge in [-0.25, -0.2) is 14.1 Å². The lowest BCUT2D eigenvalue weighted by atomic mass is 10.1. The van der Waals surface area contributed by atoms with Crippen LogP contribution in [0.1, 0.15) is 5.56 Å². The van der Waals surface area contributed by atoms with E-state index in [4.69, 9.17) is 5.10 Å². The van der Waals surface area contributed by atoms with E-state index in [9.17, 15) is 4.79 Å². The second-order valence-electron chi connectivity index (χ2n) is 7.21. The molecule has 0 aliphatic carbocycles. The van der Waals surface area contributed by atoms with Crippen LogP contribution < -0.4 is 10.1 Å². The van der Waals surface area contributed by atoms with Crippen LogP contribution in [-0.4, -0.2) is 19.2 Å². The van der Waals surface area contributed by atoms with Crippen LogP contribution in [0.25, 0.3) is 39.0 Å². The van der Waals surface area contributed by atoms with Gasteiger partial charge in [-0.2, -0.15) is 5.10 Å². The summed E-state index contributed by atoms with van der Waals surface area (Å²) in [7, 11) is 0. The first-order valence-corrected chi connectivity index (χ1v) is 10.7. The summed E-state index contributed by atoms with van der Waals surface area (Å²) in [5, 5.41) is 4.83. The molecular weight excluding hydrogens is 404 g/mol. The summed E-state index contributed by atoms with van der Waals surface area (Å²) >= 11 is 1.40. The van der Waals surface area contributed by atoms with Gasteiger partial charge in [0.1, 0.15) is 0 Å². The number of thiazole rings is 1. The number of fused-ring (bicyclic) bond motifs is 3. The largest absolute Gasteiger partial charge is 0.274 e. The molecule has 6 rings (SSSR count). The summed E-state index contributed by atoms with van der Waals surface area (Å²) in [5.41, 5.74) is 5.30. The number of para-hydroxylation sites is 3. The van der Waals surface area contributed by atoms with Gasteiger partial charge in [-0.1, -0.05) is 72.0 Å². The first kappa shape index (κ1) is 17.8. The van der Waals surface area contributed by atoms with E-state index in [1.165, 1.54) is 11.3 Å². The number of rotatable bonds is 3. The van der Waals surface area contributed by atoms with Crippen molar-refractivity contribution in [2.75, 3.05) is 0 Å². The maximum absolute atomic E-state index is 13.2. The Morgan fingerprint density at radius 2 is 1.55 bits per heavy atom. The van der Waals surface area contributed by atoms with Gasteiger partial charge in [0, 0.05) is 17.3 Å². The second kappa shape index (κ2) is 7.04. The van der Waals surface area contributed by atoms with Gasteiger partial charge in [0.05, 0.1) is 26.9 Å². The molecule has 3 heterocycles. The molecule has 0 saturated carbocycles. The molecule has 5 nitrogen and oxygen atoms in total. The predicted molar refractivity (Wildman–Crippen MR) is 125 cm³/mol. The van der Waals surface area contributed by atoms with E-state index in [-0.39, 0.29) is 5.56 Å². The third-order valence-electron chi connectivity index (χ3n) is 5.24. The second-order valence-corrected chi connectivity index (χ2v) is 8.22. The van der Waals surface area contributed by atoms with E-state index < -0.39 is 0 Å². The standard InChI is InChI=1S/C25H16N4OS/c30-24-22(31-25-26-20-13-7-8-14-21(20)29(24)25)15-18-16-28(19-11-5-2-6-12-19)27-23(18)17-9-3-1-4-10-17/h1-16H. The summed E-state index contributed by atoms with van der Waals surface area (Å²) in [4.78, 5) is 18.5. The van der Waals surface area contributed by atoms with Crippen LogP contribution in [0.3, 0.4) is 0 Å². The Morgan fingerprint density at radius 3 is 2.35 bits per heavy atom. The third kappa shape index (κ3) is 2.96. The Bertz CT molecular complexity index is 1650. The molecule has 0 amide bonds. The van der Waals surface area contributed by atoms with Crippen molar-refractivity contribution in [2.24, 2.45) is 0 Å². The number of hydrogen-bond acceptors (Lipinski definition) is 4. The quantitative estimate of drug-likeness (QED) is 0.429. The van der Waals surface area contributed by atoms with Gasteiger partial charge in [-0.3, -0.25) is 4.79 Å². The number of benzene rings is 3. The zero-order valence-electron chi connectivity index (χ0n) is 16.3. The number of nitrogens with zero attached hydrogens (tertiary/aromatic N) is 4. The lowest BCUT2D eigenvalue weighted by Crippen LogP contribution is -2.22. The van der Waals surface area contributed by atoms with Crippen molar-refractivity contribution in [2.45, 2.75) is 0 Å². The van der Waals surface area contributed by atoms with Crippen LogP contribution in [0, 0.1) is 0 Å². The lowest BCUT2D eigenvalue weighted by Gasteiger charge is -2.00. The Balaban J connectivity index is 1.59. The van der Waals surface area contributed by atoms with E-state index >= 15 is 0 Å². The van der Waals surface area contributed by atoms with E-state index in [1.54, 1.807) is 4.40 Å². The molecule has 3 aromatic heterocycles. The van der Waals surface area contributed by atoms with Crippen molar-refractivity contribution < 1.29 is 0 Å². The highest BCUT2D eigenvalue weighted by molar-refractivity contribution is 7.15. The number of aromatic nitrogens is 4. The molecule has 0 aliphatic rings. The van der Waals surface area contributed by atoms with Gasteiger partial charge >= 0.3 is 0 Å². The van der Waals surface area contributed by atoms with Crippen molar-refractivity contribution >= 4 is 33.4 Å². The van der Waals surface area contributed by atoms with E-state index in [2.05, 4.69) is 4.98 Å². The van der Waals surface area contributed by atoms with E-state index in [1.807, 2.05) is 102 Å². The molecule has 0 saturated heterocycles. The summed E-state index contributed by atoms with van der Waals surface area (Å²) in [6.07, 6.45) is 3.89. The van der Waals surface area contributed by atoms with Gasteiger partial charge in [-0.05, 0) is 30.3 Å². The molecule has 0 atom stereocenters. The molecule has 0 aliphatic heterocycles.